The van der Waals surface area contributed by atoms with E-state index in [0.717, 1.165) is 24.2 Å². The number of aryl methyl sites for hydroxylation is 1. The third-order valence-electron chi connectivity index (χ3n) is 6.33. The molecule has 0 unspecified atom stereocenters. The normalized spacial score (nSPS) is 15.1. The maximum absolute atomic E-state index is 12.8. The number of fused-ring (bicyclic) bond motifs is 1. The first-order chi connectivity index (χ1) is 15.6. The highest BCUT2D eigenvalue weighted by Gasteiger charge is 2.26. The van der Waals surface area contributed by atoms with Crippen molar-refractivity contribution in [2.45, 2.75) is 32.7 Å². The van der Waals surface area contributed by atoms with Crippen LogP contribution >= 0.6 is 11.6 Å². The van der Waals surface area contributed by atoms with Gasteiger partial charge in [0.2, 0.25) is 0 Å². The highest BCUT2D eigenvalue weighted by molar-refractivity contribution is 6.29. The predicted octanol–water partition coefficient (Wildman–Crippen LogP) is 3.78. The second-order valence-corrected chi connectivity index (χ2v) is 9.95. The van der Waals surface area contributed by atoms with E-state index in [0.29, 0.717) is 47.3 Å². The third-order valence-corrected chi connectivity index (χ3v) is 6.54. The van der Waals surface area contributed by atoms with Gasteiger partial charge in [0.05, 0.1) is 11.2 Å². The van der Waals surface area contributed by atoms with Crippen LogP contribution in [0.15, 0.2) is 35.1 Å². The lowest BCUT2D eigenvalue weighted by molar-refractivity contribution is 0.247. The number of rotatable bonds is 3. The van der Waals surface area contributed by atoms with Crippen molar-refractivity contribution >= 4 is 28.3 Å². The fraction of sp³-hybridized carbons (Fsp3) is 0.400. The summed E-state index contributed by atoms with van der Waals surface area (Å²) in [5.74, 6) is 0.313. The summed E-state index contributed by atoms with van der Waals surface area (Å²) in [5, 5.41) is 20.6. The maximum Gasteiger partial charge on any atom is 0.270 e. The van der Waals surface area contributed by atoms with E-state index in [2.05, 4.69) is 42.8 Å². The van der Waals surface area contributed by atoms with Crippen LogP contribution in [0.4, 0.5) is 5.69 Å². The van der Waals surface area contributed by atoms with E-state index in [1.54, 1.807) is 19.2 Å². The van der Waals surface area contributed by atoms with Gasteiger partial charge in [-0.3, -0.25) is 9.69 Å². The molecule has 4 rings (SSSR count). The van der Waals surface area contributed by atoms with Crippen molar-refractivity contribution in [2.75, 3.05) is 31.1 Å². The van der Waals surface area contributed by atoms with Crippen LogP contribution in [0.25, 0.3) is 11.0 Å². The summed E-state index contributed by atoms with van der Waals surface area (Å²) in [6.07, 6.45) is 0. The van der Waals surface area contributed by atoms with Crippen LogP contribution in [-0.4, -0.2) is 45.7 Å². The van der Waals surface area contributed by atoms with Crippen molar-refractivity contribution in [3.05, 3.63) is 62.5 Å². The molecule has 2 aromatic heterocycles. The maximum atomic E-state index is 12.8. The Labute approximate surface area is 198 Å². The SMILES string of the molecule is Cn1c(=O)c(C#N)c(N2CCN(Cc3ccc(C(C)(C)C)cc3O)CC2)c2nc(Cl)ccc21. The minimum Gasteiger partial charge on any atom is -0.508 e. The molecule has 1 N–H and O–H groups in total. The molecule has 8 heteroatoms. The number of halogens is 1. The first-order valence-electron chi connectivity index (χ1n) is 11.0. The highest BCUT2D eigenvalue weighted by atomic mass is 35.5. The number of pyridine rings is 2. The van der Waals surface area contributed by atoms with Crippen molar-refractivity contribution in [3.63, 3.8) is 0 Å². The molecule has 0 amide bonds. The Kier molecular flexibility index (Phi) is 6.08. The predicted molar refractivity (Wildman–Crippen MR) is 131 cm³/mol. The lowest BCUT2D eigenvalue weighted by Crippen LogP contribution is -2.47. The van der Waals surface area contributed by atoms with Gasteiger partial charge in [-0.1, -0.05) is 44.5 Å². The monoisotopic (exact) mass is 465 g/mol. The molecule has 1 fully saturated rings. The first-order valence-corrected chi connectivity index (χ1v) is 11.4. The lowest BCUT2D eigenvalue weighted by atomic mass is 9.86. The Morgan fingerprint density at radius 2 is 1.85 bits per heavy atom. The van der Waals surface area contributed by atoms with E-state index in [1.807, 2.05) is 17.0 Å². The fourth-order valence-corrected chi connectivity index (χ4v) is 4.46. The molecule has 0 atom stereocenters. The minimum absolute atomic E-state index is 0.0213. The van der Waals surface area contributed by atoms with Gasteiger partial charge in [0.1, 0.15) is 28.1 Å². The average molecular weight is 466 g/mol. The topological polar surface area (TPSA) is 85.4 Å². The second-order valence-electron chi connectivity index (χ2n) is 9.56. The smallest absolute Gasteiger partial charge is 0.270 e. The van der Waals surface area contributed by atoms with Gasteiger partial charge in [0.15, 0.2) is 0 Å². The molecule has 33 heavy (non-hydrogen) atoms. The average Bonchev–Trinajstić information content (AvgIpc) is 2.77. The van der Waals surface area contributed by atoms with Crippen molar-refractivity contribution < 1.29 is 5.11 Å². The molecular formula is C25H28ClN5O2. The van der Waals surface area contributed by atoms with Crippen LogP contribution in [0.3, 0.4) is 0 Å². The van der Waals surface area contributed by atoms with Gasteiger partial charge in [-0.2, -0.15) is 5.26 Å². The number of aromatic hydroxyl groups is 1. The molecule has 0 bridgehead atoms. The second kappa shape index (κ2) is 8.69. The van der Waals surface area contributed by atoms with Crippen LogP contribution in [0, 0.1) is 11.3 Å². The zero-order valence-electron chi connectivity index (χ0n) is 19.4. The van der Waals surface area contributed by atoms with Gasteiger partial charge < -0.3 is 14.6 Å². The number of hydrogen-bond donors (Lipinski definition) is 1. The van der Waals surface area contributed by atoms with Crippen LogP contribution < -0.4 is 10.5 Å². The Morgan fingerprint density at radius 3 is 2.45 bits per heavy atom. The molecule has 0 spiro atoms. The quantitative estimate of drug-likeness (QED) is 0.592. The Hall–Kier alpha value is -3.08. The Morgan fingerprint density at radius 1 is 1.15 bits per heavy atom. The molecule has 1 aliphatic rings. The number of aromatic nitrogens is 2. The van der Waals surface area contributed by atoms with Gasteiger partial charge in [0.25, 0.3) is 5.56 Å². The largest absolute Gasteiger partial charge is 0.508 e. The minimum atomic E-state index is -0.338. The summed E-state index contributed by atoms with van der Waals surface area (Å²) in [7, 11) is 1.64. The number of phenolic OH excluding ortho intramolecular Hbond substituents is 1. The highest BCUT2D eigenvalue weighted by Crippen LogP contribution is 2.31. The molecule has 172 valence electrons. The number of nitriles is 1. The number of anilines is 1. The number of hydrogen-bond acceptors (Lipinski definition) is 6. The van der Waals surface area contributed by atoms with E-state index in [-0.39, 0.29) is 16.5 Å². The summed E-state index contributed by atoms with van der Waals surface area (Å²) in [6.45, 7) is 9.72. The van der Waals surface area contributed by atoms with Gasteiger partial charge in [-0.05, 0) is 29.2 Å². The van der Waals surface area contributed by atoms with Gasteiger partial charge in [-0.15, -0.1) is 0 Å². The zero-order chi connectivity index (χ0) is 23.9. The summed E-state index contributed by atoms with van der Waals surface area (Å²) in [6, 6.07) is 11.4. The van der Waals surface area contributed by atoms with E-state index in [1.165, 1.54) is 4.57 Å². The Balaban J connectivity index is 1.58. The summed E-state index contributed by atoms with van der Waals surface area (Å²) >= 11 is 6.15. The van der Waals surface area contributed by atoms with Crippen LogP contribution in [0.1, 0.15) is 37.5 Å². The molecule has 3 heterocycles. The van der Waals surface area contributed by atoms with Crippen molar-refractivity contribution in [3.8, 4) is 11.8 Å². The molecular weight excluding hydrogens is 438 g/mol. The molecule has 3 aromatic rings. The molecule has 7 nitrogen and oxygen atoms in total. The number of phenols is 1. The van der Waals surface area contributed by atoms with Gasteiger partial charge in [-0.25, -0.2) is 4.98 Å². The van der Waals surface area contributed by atoms with E-state index >= 15 is 0 Å². The molecule has 1 saturated heterocycles. The van der Waals surface area contributed by atoms with E-state index < -0.39 is 0 Å². The summed E-state index contributed by atoms with van der Waals surface area (Å²) in [5.41, 5.74) is 3.47. The standard InChI is InChI=1S/C25H28ClN5O2/c1-25(2,3)17-6-5-16(20(32)13-17)15-30-9-11-31(12-10-30)23-18(14-27)24(33)29(4)19-7-8-21(26)28-22(19)23/h5-8,13,32H,9-12,15H2,1-4H3. The van der Waals surface area contributed by atoms with Gasteiger partial charge >= 0.3 is 0 Å². The van der Waals surface area contributed by atoms with Crippen molar-refractivity contribution in [1.82, 2.24) is 14.5 Å². The van der Waals surface area contributed by atoms with Crippen LogP contribution in [0.2, 0.25) is 5.15 Å². The molecule has 0 radical (unpaired) electrons. The Bertz CT molecular complexity index is 1310. The number of nitrogens with zero attached hydrogens (tertiary/aromatic N) is 5. The molecule has 1 aliphatic heterocycles. The number of benzene rings is 1. The first kappa shape index (κ1) is 23.1. The van der Waals surface area contributed by atoms with E-state index in [9.17, 15) is 15.2 Å². The van der Waals surface area contributed by atoms with E-state index in [4.69, 9.17) is 11.6 Å². The molecule has 0 aliphatic carbocycles. The number of piperazine rings is 1. The summed E-state index contributed by atoms with van der Waals surface area (Å²) < 4.78 is 1.45. The van der Waals surface area contributed by atoms with Crippen LogP contribution in [0.5, 0.6) is 5.75 Å². The third kappa shape index (κ3) is 4.41. The lowest BCUT2D eigenvalue weighted by Gasteiger charge is -2.37. The van der Waals surface area contributed by atoms with Crippen molar-refractivity contribution in [1.29, 1.82) is 5.26 Å². The molecule has 0 saturated carbocycles. The van der Waals surface area contributed by atoms with Crippen LogP contribution in [-0.2, 0) is 19.0 Å². The summed E-state index contributed by atoms with van der Waals surface area (Å²) in [4.78, 5) is 21.6. The van der Waals surface area contributed by atoms with Crippen molar-refractivity contribution in [2.24, 2.45) is 7.05 Å². The fourth-order valence-electron chi connectivity index (χ4n) is 4.31. The van der Waals surface area contributed by atoms with Gasteiger partial charge in [0, 0.05) is 45.3 Å². The molecule has 1 aromatic carbocycles. The zero-order valence-corrected chi connectivity index (χ0v) is 20.1.